The number of nitrogen functional groups attached to an aromatic ring is 1. The number of esters is 2. The molecular weight excluding hydrogens is 1520 g/mol. The second kappa shape index (κ2) is 49.2. The number of ether oxygens (including phenoxy) is 11. The van der Waals surface area contributed by atoms with Crippen LogP contribution < -0.4 is 44.7 Å². The van der Waals surface area contributed by atoms with Crippen LogP contribution in [-0.2, 0) is 54.5 Å². The summed E-state index contributed by atoms with van der Waals surface area (Å²) >= 11 is 3.33. The van der Waals surface area contributed by atoms with Crippen molar-refractivity contribution >= 4 is 73.6 Å². The minimum Gasteiger partial charge on any atom is -0.870 e. The van der Waals surface area contributed by atoms with Gasteiger partial charge < -0.3 is 87.9 Å². The van der Waals surface area contributed by atoms with Crippen molar-refractivity contribution in [1.29, 1.82) is 0 Å². The van der Waals surface area contributed by atoms with E-state index in [0.717, 1.165) is 144 Å². The number of hydrogen-bond donors (Lipinski definition) is 4. The van der Waals surface area contributed by atoms with Crippen LogP contribution >= 0.6 is 15.9 Å². The molecule has 0 radical (unpaired) electrons. The van der Waals surface area contributed by atoms with E-state index in [2.05, 4.69) is 70.7 Å². The van der Waals surface area contributed by atoms with Crippen molar-refractivity contribution in [3.05, 3.63) is 215 Å². The average Bonchev–Trinajstić information content (AvgIpc) is 1.73. The number of anilines is 2. The molecule has 6 aromatic carbocycles. The molecule has 0 aliphatic carbocycles. The second-order valence-electron chi connectivity index (χ2n) is 25.1. The maximum atomic E-state index is 13.0. The van der Waals surface area contributed by atoms with Crippen molar-refractivity contribution < 1.29 is 110 Å². The third-order valence-corrected chi connectivity index (χ3v) is 18.3. The molecular formula is C82H98BrLiN10O19. The summed E-state index contributed by atoms with van der Waals surface area (Å²) in [4.78, 5) is 70.1. The maximum absolute atomic E-state index is 13.0. The number of carboxylic acid groups (broad SMARTS) is 1. The minimum absolute atomic E-state index is 0. The Labute approximate surface area is 677 Å². The number of nitrogens with zero attached hydrogens (tertiary/aromatic N) is 7. The van der Waals surface area contributed by atoms with E-state index in [1.54, 1.807) is 101 Å². The van der Waals surface area contributed by atoms with Crippen LogP contribution in [0, 0.1) is 0 Å². The quantitative estimate of drug-likeness (QED) is 0.0269. The van der Waals surface area contributed by atoms with Crippen LogP contribution in [0.5, 0.6) is 11.5 Å². The predicted octanol–water partition coefficient (Wildman–Crippen LogP) is 8.87. The number of halogens is 1. The van der Waals surface area contributed by atoms with E-state index in [-0.39, 0.29) is 60.2 Å². The van der Waals surface area contributed by atoms with Gasteiger partial charge in [-0.25, -0.2) is 24.4 Å². The van der Waals surface area contributed by atoms with Crippen LogP contribution in [0.2, 0.25) is 0 Å². The molecule has 5 aliphatic heterocycles. The number of hydrogen-bond acceptors (Lipinski definition) is 27. The molecule has 2 atom stereocenters. The fourth-order valence-electron chi connectivity index (χ4n) is 11.9. The molecule has 113 heavy (non-hydrogen) atoms. The Kier molecular flexibility index (Phi) is 39.4. The summed E-state index contributed by atoms with van der Waals surface area (Å²) in [5, 5.41) is 15.7. The van der Waals surface area contributed by atoms with Crippen molar-refractivity contribution in [2.45, 2.75) is 37.2 Å². The Bertz CT molecular complexity index is 4410. The normalized spacial score (nSPS) is 15.2. The Hall–Kier alpha value is -9.56. The summed E-state index contributed by atoms with van der Waals surface area (Å²) in [7, 11) is 9.29. The molecule has 0 bridgehead atoms. The number of nitrogens with two attached hydrogens (primary N) is 1. The number of oxazole rings is 2. The van der Waals surface area contributed by atoms with Crippen LogP contribution in [0.4, 0.5) is 11.4 Å². The maximum Gasteiger partial charge on any atom is 1.00 e. The van der Waals surface area contributed by atoms with Gasteiger partial charge in [-0.1, -0.05) is 58.4 Å². The van der Waals surface area contributed by atoms with E-state index in [1.165, 1.54) is 27.1 Å². The largest absolute Gasteiger partial charge is 1.00 e. The van der Waals surface area contributed by atoms with Gasteiger partial charge in [0.2, 0.25) is 11.8 Å². The Morgan fingerprint density at radius 3 is 1.45 bits per heavy atom. The number of carboxylic acids is 1. The zero-order chi connectivity index (χ0) is 78.5. The molecule has 6 N–H and O–H groups in total. The summed E-state index contributed by atoms with van der Waals surface area (Å²) in [6.45, 7) is 15.9. The SMILES string of the molecule is C1CCOC1.C1COCCN1.COC(=O)c1ccc(C(OC)N2CCOCC2)cc1.COC(=O)c1ccc(CBr)c(OC)c1.COC(c1ccc(C(=O)O)cc1)N1CCOCC1.COc1ccc(C(=O)Nc2cccc(-c3nc4ncccc4o3)c2)cc1CN1CCOCC1.Nc1cccc(-c2nc3ncccc3o2)c1.[Li+].[OH-]. The summed E-state index contributed by atoms with van der Waals surface area (Å²) in [6.07, 6.45) is 5.67. The van der Waals surface area contributed by atoms with Gasteiger partial charge in [0, 0.05) is 143 Å². The molecule has 0 spiro atoms. The van der Waals surface area contributed by atoms with Gasteiger partial charge in [-0.05, 0) is 139 Å². The first-order valence-corrected chi connectivity index (χ1v) is 37.4. The standard InChI is InChI=1S/C25H24N4O4.C14H19NO4.C13H17NO4.C12H9N3O.C10H11BrO3.C4H9NO.C4H8O.Li.H2O/c1-31-21-8-7-17(14-19(21)16-29-10-12-32-13-11-29)24(30)27-20-5-2-4-18(15-20)25-28-23-22(33-25)6-3-9-26-23;1-17-13(15-7-9-19-10-8-15)11-3-5-12(6-4-11)14(16)18-2;1-17-12(14-6-8-18-9-7-14)10-2-4-11(5-3-10)13(15)16;13-9-4-1-3-8(7-9)12-15-11-10(16-12)5-2-6-14-11;1-13-9-5-7(10(12)14-2)3-4-8(9)6-11;1-3-6-4-2-5-1;1-2-4-5-3-1;;/h2-9,14-15H,10-13,16H2,1H3,(H,27,30);3-6,13H,7-10H2,1-2H3;2-5,12H,6-9H2,1H3,(H,15,16);1-7H,13H2;3-5H,6H2,1-2H3;5H,1-4H2;1-4H2;;1H2/q;;;;;;;+1;/p-1. The number of aromatic nitrogens is 4. The third kappa shape index (κ3) is 28.2. The van der Waals surface area contributed by atoms with Gasteiger partial charge in [-0.15, -0.1) is 0 Å². The minimum atomic E-state index is -0.915. The van der Waals surface area contributed by atoms with Crippen LogP contribution in [0.25, 0.3) is 45.4 Å². The van der Waals surface area contributed by atoms with Gasteiger partial charge in [-0.3, -0.25) is 19.5 Å². The predicted molar refractivity (Wildman–Crippen MR) is 424 cm³/mol. The Morgan fingerprint density at radius 2 is 1.00 bits per heavy atom. The summed E-state index contributed by atoms with van der Waals surface area (Å²) in [5.41, 5.74) is 17.0. The zero-order valence-electron chi connectivity index (χ0n) is 64.8. The molecule has 4 aromatic heterocycles. The van der Waals surface area contributed by atoms with Crippen LogP contribution in [0.3, 0.4) is 0 Å². The van der Waals surface area contributed by atoms with E-state index in [0.29, 0.717) is 93.1 Å². The number of carbonyl (C=O) groups is 4. The Morgan fingerprint density at radius 1 is 0.522 bits per heavy atom. The fourth-order valence-corrected chi connectivity index (χ4v) is 12.3. The molecule has 31 heteroatoms. The van der Waals surface area contributed by atoms with Crippen molar-refractivity contribution in [2.24, 2.45) is 0 Å². The Balaban J connectivity index is 0.000000194. The monoisotopic (exact) mass is 1610 g/mol. The molecule has 2 unspecified atom stereocenters. The van der Waals surface area contributed by atoms with Gasteiger partial charge >= 0.3 is 36.8 Å². The first-order valence-electron chi connectivity index (χ1n) is 36.3. The topological polar surface area (TPSA) is 358 Å². The molecule has 29 nitrogen and oxygen atoms in total. The smallest absolute Gasteiger partial charge is 0.870 e. The van der Waals surface area contributed by atoms with Crippen molar-refractivity contribution in [3.63, 3.8) is 0 Å². The molecule has 5 aliphatic rings. The van der Waals surface area contributed by atoms with Gasteiger partial charge in [0.05, 0.1) is 98.0 Å². The molecule has 9 heterocycles. The number of alkyl halides is 1. The number of carbonyl (C=O) groups excluding carboxylic acids is 3. The van der Waals surface area contributed by atoms with Crippen molar-refractivity contribution in [2.75, 3.05) is 172 Å². The van der Waals surface area contributed by atoms with E-state index in [9.17, 15) is 19.2 Å². The van der Waals surface area contributed by atoms with Gasteiger partial charge in [0.15, 0.2) is 22.5 Å². The number of rotatable bonds is 18. The number of nitrogens with one attached hydrogen (secondary N) is 2. The first kappa shape index (κ1) is 90.6. The number of morpholine rings is 4. The van der Waals surface area contributed by atoms with E-state index >= 15 is 0 Å². The van der Waals surface area contributed by atoms with E-state index in [1.807, 2.05) is 97.1 Å². The number of fused-ring (bicyclic) bond motifs is 2. The number of pyridine rings is 2. The number of amides is 1. The number of methoxy groups -OCH3 is 6. The molecule has 10 aromatic rings. The van der Waals surface area contributed by atoms with Gasteiger partial charge in [0.1, 0.15) is 24.0 Å². The van der Waals surface area contributed by atoms with E-state index < -0.39 is 5.97 Å². The molecule has 5 fully saturated rings. The van der Waals surface area contributed by atoms with Gasteiger partial charge in [0.25, 0.3) is 5.91 Å². The average molecular weight is 1610 g/mol. The van der Waals surface area contributed by atoms with Crippen LogP contribution in [-0.4, -0.2) is 230 Å². The van der Waals surface area contributed by atoms with E-state index in [4.69, 9.17) is 62.3 Å². The van der Waals surface area contributed by atoms with Crippen LogP contribution in [0.15, 0.2) is 179 Å². The summed E-state index contributed by atoms with van der Waals surface area (Å²) in [5.74, 6) is 0.655. The fraction of sp³-hybridized carbons (Fsp3) is 0.366. The molecule has 0 saturated carbocycles. The second-order valence-corrected chi connectivity index (χ2v) is 25.7. The molecule has 598 valence electrons. The number of benzene rings is 6. The molecule has 5 saturated heterocycles. The number of aromatic carboxylic acids is 1. The van der Waals surface area contributed by atoms with Crippen molar-refractivity contribution in [3.8, 4) is 34.4 Å². The van der Waals surface area contributed by atoms with Crippen molar-refractivity contribution in [1.82, 2.24) is 40.0 Å². The zero-order valence-corrected chi connectivity index (χ0v) is 66.4. The summed E-state index contributed by atoms with van der Waals surface area (Å²) in [6, 6.07) is 46.9. The van der Waals surface area contributed by atoms with Gasteiger partial charge in [-0.2, -0.15) is 9.97 Å². The third-order valence-electron chi connectivity index (χ3n) is 17.7. The summed E-state index contributed by atoms with van der Waals surface area (Å²) < 4.78 is 68.4. The molecule has 1 amide bonds. The molecule has 15 rings (SSSR count). The first-order chi connectivity index (χ1) is 54.2. The van der Waals surface area contributed by atoms with Crippen LogP contribution in [0.1, 0.15) is 89.0 Å².